The van der Waals surface area contributed by atoms with Crippen LogP contribution in [0.5, 0.6) is 0 Å². The number of nitrogens with one attached hydrogen (secondary N) is 1. The fourth-order valence-corrected chi connectivity index (χ4v) is 9.45. The molecule has 0 radical (unpaired) electrons. The van der Waals surface area contributed by atoms with Gasteiger partial charge in [-0.1, -0.05) is 19.8 Å². The highest BCUT2D eigenvalue weighted by Gasteiger charge is 2.46. The molecule has 29 heavy (non-hydrogen) atoms. The van der Waals surface area contributed by atoms with Crippen LogP contribution < -0.4 is 5.32 Å². The second-order valence-electron chi connectivity index (χ2n) is 12.7. The van der Waals surface area contributed by atoms with Crippen LogP contribution in [0.1, 0.15) is 96.8 Å². The van der Waals surface area contributed by atoms with E-state index < -0.39 is 0 Å². The first-order valence-electron chi connectivity index (χ1n) is 13.7. The van der Waals surface area contributed by atoms with Crippen molar-refractivity contribution in [2.45, 2.75) is 115 Å². The molecule has 7 rings (SSSR count). The molecule has 0 aromatic rings. The Morgan fingerprint density at radius 2 is 1.34 bits per heavy atom. The first-order valence-corrected chi connectivity index (χ1v) is 13.7. The van der Waals surface area contributed by atoms with E-state index in [9.17, 15) is 0 Å². The van der Waals surface area contributed by atoms with Crippen LogP contribution in [0, 0.1) is 41.4 Å². The van der Waals surface area contributed by atoms with E-state index >= 15 is 0 Å². The summed E-state index contributed by atoms with van der Waals surface area (Å²) in [6.45, 7) is 5.40. The summed E-state index contributed by atoms with van der Waals surface area (Å²) in [6, 6.07) is 2.51. The van der Waals surface area contributed by atoms with Crippen LogP contribution in [-0.2, 0) is 0 Å². The Morgan fingerprint density at radius 3 is 2.17 bits per heavy atom. The maximum absolute atomic E-state index is 4.39. The summed E-state index contributed by atoms with van der Waals surface area (Å²) in [4.78, 5) is 3.04. The van der Waals surface area contributed by atoms with Gasteiger partial charge in [0.15, 0.2) is 0 Å². The van der Waals surface area contributed by atoms with Crippen LogP contribution in [-0.4, -0.2) is 36.1 Å². The highest BCUT2D eigenvalue weighted by molar-refractivity contribution is 5.02. The van der Waals surface area contributed by atoms with E-state index in [1.165, 1.54) is 96.6 Å². The number of fused-ring (bicyclic) bond motifs is 9. The zero-order valence-electron chi connectivity index (χ0n) is 19.0. The molecule has 164 valence electrons. The van der Waals surface area contributed by atoms with Gasteiger partial charge >= 0.3 is 0 Å². The monoisotopic (exact) mass is 398 g/mol. The average Bonchev–Trinajstić information content (AvgIpc) is 3.18. The van der Waals surface area contributed by atoms with E-state index in [-0.39, 0.29) is 0 Å². The standard InChI is InChI=1S/C27H46N2/c1-18-11-21-7-9-24(23(12-18)13-21)26-14-22-8-10-25(28-26)27(15-22)29-16-19-3-2-4-20(17-29)6-5-19/h18-28H,2-17H2,1H3. The molecule has 3 heterocycles. The van der Waals surface area contributed by atoms with E-state index in [0.29, 0.717) is 0 Å². The molecule has 10 atom stereocenters. The van der Waals surface area contributed by atoms with Crippen molar-refractivity contribution in [1.29, 1.82) is 0 Å². The van der Waals surface area contributed by atoms with Crippen molar-refractivity contribution >= 4 is 0 Å². The largest absolute Gasteiger partial charge is 0.309 e. The van der Waals surface area contributed by atoms with Gasteiger partial charge in [0.25, 0.3) is 0 Å². The SMILES string of the molecule is CC1CC2CCC(C3CC4CCC(N3)C(N3CC5CCCC(CC5)C3)C4)C(C1)C2. The molecule has 4 aliphatic carbocycles. The van der Waals surface area contributed by atoms with Gasteiger partial charge in [-0.15, -0.1) is 0 Å². The second-order valence-corrected chi connectivity index (χ2v) is 12.7. The van der Waals surface area contributed by atoms with Gasteiger partial charge in [0.1, 0.15) is 0 Å². The minimum Gasteiger partial charge on any atom is -0.309 e. The Balaban J connectivity index is 1.17. The van der Waals surface area contributed by atoms with Crippen molar-refractivity contribution in [3.8, 4) is 0 Å². The lowest BCUT2D eigenvalue weighted by atomic mass is 9.61. The maximum atomic E-state index is 4.39. The minimum atomic E-state index is 0.802. The summed E-state index contributed by atoms with van der Waals surface area (Å²) < 4.78 is 0. The quantitative estimate of drug-likeness (QED) is 0.627. The fourth-order valence-electron chi connectivity index (χ4n) is 9.45. The molecule has 10 unspecified atom stereocenters. The summed E-state index contributed by atoms with van der Waals surface area (Å²) >= 11 is 0. The number of hydrogen-bond acceptors (Lipinski definition) is 2. The number of rotatable bonds is 2. The van der Waals surface area contributed by atoms with Gasteiger partial charge < -0.3 is 5.32 Å². The lowest BCUT2D eigenvalue weighted by Gasteiger charge is -2.46. The van der Waals surface area contributed by atoms with Gasteiger partial charge in [0, 0.05) is 31.2 Å². The molecule has 0 amide bonds. The van der Waals surface area contributed by atoms with Gasteiger partial charge in [-0.05, 0) is 118 Å². The van der Waals surface area contributed by atoms with Crippen molar-refractivity contribution in [3.63, 3.8) is 0 Å². The van der Waals surface area contributed by atoms with E-state index in [2.05, 4.69) is 17.1 Å². The van der Waals surface area contributed by atoms with Crippen LogP contribution in [0.15, 0.2) is 0 Å². The zero-order chi connectivity index (χ0) is 19.4. The Bertz CT molecular complexity index is 559. The van der Waals surface area contributed by atoms with E-state index in [1.807, 2.05) is 0 Å². The van der Waals surface area contributed by atoms with Gasteiger partial charge in [-0.3, -0.25) is 4.90 Å². The molecule has 0 spiro atoms. The molecule has 6 bridgehead atoms. The minimum absolute atomic E-state index is 0.802. The predicted octanol–water partition coefficient (Wildman–Crippen LogP) is 5.86. The first kappa shape index (κ1) is 19.6. The van der Waals surface area contributed by atoms with Crippen molar-refractivity contribution in [1.82, 2.24) is 10.2 Å². The van der Waals surface area contributed by atoms with E-state index in [4.69, 9.17) is 0 Å². The van der Waals surface area contributed by atoms with E-state index in [0.717, 1.165) is 59.6 Å². The molecule has 7 aliphatic rings. The molecule has 0 aromatic heterocycles. The van der Waals surface area contributed by atoms with Crippen LogP contribution in [0.4, 0.5) is 0 Å². The van der Waals surface area contributed by atoms with Crippen LogP contribution in [0.2, 0.25) is 0 Å². The second kappa shape index (κ2) is 8.12. The topological polar surface area (TPSA) is 15.3 Å². The summed E-state index contributed by atoms with van der Waals surface area (Å²) in [5, 5.41) is 4.39. The van der Waals surface area contributed by atoms with Crippen LogP contribution in [0.3, 0.4) is 0 Å². The molecule has 3 aliphatic heterocycles. The normalized spacial score (nSPS) is 53.3. The Morgan fingerprint density at radius 1 is 0.621 bits per heavy atom. The molecule has 7 fully saturated rings. The summed E-state index contributed by atoms with van der Waals surface area (Å²) in [7, 11) is 0. The number of nitrogens with zero attached hydrogens (tertiary/aromatic N) is 1. The Hall–Kier alpha value is -0.0800. The summed E-state index contributed by atoms with van der Waals surface area (Å²) in [5.74, 6) is 7.15. The van der Waals surface area contributed by atoms with Gasteiger partial charge in [0.2, 0.25) is 0 Å². The third kappa shape index (κ3) is 3.95. The lowest BCUT2D eigenvalue weighted by Crippen LogP contribution is -2.55. The molecule has 1 N–H and O–H groups in total. The predicted molar refractivity (Wildman–Crippen MR) is 121 cm³/mol. The van der Waals surface area contributed by atoms with Crippen LogP contribution in [0.25, 0.3) is 0 Å². The fraction of sp³-hybridized carbons (Fsp3) is 1.00. The van der Waals surface area contributed by atoms with E-state index in [1.54, 1.807) is 6.42 Å². The Kier molecular flexibility index (Phi) is 5.49. The van der Waals surface area contributed by atoms with Crippen molar-refractivity contribution in [2.24, 2.45) is 41.4 Å². The molecule has 0 aromatic carbocycles. The number of hydrogen-bond donors (Lipinski definition) is 1. The molecular formula is C27H46N2. The third-order valence-corrected chi connectivity index (χ3v) is 10.7. The van der Waals surface area contributed by atoms with Crippen molar-refractivity contribution in [2.75, 3.05) is 13.1 Å². The van der Waals surface area contributed by atoms with Crippen molar-refractivity contribution < 1.29 is 0 Å². The smallest absolute Gasteiger partial charge is 0.0252 e. The summed E-state index contributed by atoms with van der Waals surface area (Å²) in [5.41, 5.74) is 0. The molecule has 2 heteroatoms. The van der Waals surface area contributed by atoms with Gasteiger partial charge in [-0.2, -0.15) is 0 Å². The summed E-state index contributed by atoms with van der Waals surface area (Å²) in [6.07, 6.45) is 21.3. The lowest BCUT2D eigenvalue weighted by molar-refractivity contribution is 0.0587. The first-order chi connectivity index (χ1) is 14.2. The van der Waals surface area contributed by atoms with Crippen LogP contribution >= 0.6 is 0 Å². The zero-order valence-corrected chi connectivity index (χ0v) is 19.0. The third-order valence-electron chi connectivity index (χ3n) is 10.7. The van der Waals surface area contributed by atoms with Gasteiger partial charge in [0.05, 0.1) is 0 Å². The molecule has 3 saturated heterocycles. The van der Waals surface area contributed by atoms with Crippen molar-refractivity contribution in [3.05, 3.63) is 0 Å². The highest BCUT2D eigenvalue weighted by Crippen LogP contribution is 2.49. The number of likely N-dealkylation sites (tertiary alicyclic amines) is 1. The van der Waals surface area contributed by atoms with Gasteiger partial charge in [-0.25, -0.2) is 0 Å². The average molecular weight is 399 g/mol. The Labute approximate surface area is 180 Å². The molecule has 4 saturated carbocycles. The molecule has 2 nitrogen and oxygen atoms in total. The maximum Gasteiger partial charge on any atom is 0.0252 e. The highest BCUT2D eigenvalue weighted by atomic mass is 15.2. The molecular weight excluding hydrogens is 352 g/mol.